The molecule has 0 saturated heterocycles. The summed E-state index contributed by atoms with van der Waals surface area (Å²) in [6, 6.07) is 0. The van der Waals surface area contributed by atoms with Crippen molar-refractivity contribution < 1.29 is 8.42 Å². The highest BCUT2D eigenvalue weighted by atomic mass is 32.2. The van der Waals surface area contributed by atoms with Crippen LogP contribution in [0.1, 0.15) is 6.92 Å². The summed E-state index contributed by atoms with van der Waals surface area (Å²) in [5.41, 5.74) is 0. The van der Waals surface area contributed by atoms with E-state index in [9.17, 15) is 8.42 Å². The summed E-state index contributed by atoms with van der Waals surface area (Å²) in [4.78, 5) is 3.73. The van der Waals surface area contributed by atoms with Crippen LogP contribution >= 0.6 is 0 Å². The van der Waals surface area contributed by atoms with Crippen molar-refractivity contribution in [2.24, 2.45) is 7.05 Å². The molecule has 1 aromatic heterocycles. The van der Waals surface area contributed by atoms with Crippen LogP contribution in [0.25, 0.3) is 0 Å². The van der Waals surface area contributed by atoms with Gasteiger partial charge in [0.1, 0.15) is 0 Å². The fourth-order valence-corrected chi connectivity index (χ4v) is 1.53. The van der Waals surface area contributed by atoms with Crippen molar-refractivity contribution >= 4 is 9.84 Å². The van der Waals surface area contributed by atoms with E-state index in [2.05, 4.69) is 4.98 Å². The average Bonchev–Trinajstić information content (AvgIpc) is 2.36. The number of hydrogen-bond donors (Lipinski definition) is 0. The van der Waals surface area contributed by atoms with E-state index in [1.54, 1.807) is 18.5 Å². The zero-order chi connectivity index (χ0) is 8.48. The number of hydrogen-bond acceptors (Lipinski definition) is 3. The van der Waals surface area contributed by atoms with Gasteiger partial charge >= 0.3 is 0 Å². The molecule has 0 bridgehead atoms. The van der Waals surface area contributed by atoms with Crippen LogP contribution in [0, 0.1) is 0 Å². The Kier molecular flexibility index (Phi) is 1.99. The maximum atomic E-state index is 11.1. The summed E-state index contributed by atoms with van der Waals surface area (Å²) >= 11 is 0. The minimum atomic E-state index is -3.11. The van der Waals surface area contributed by atoms with Crippen LogP contribution in [0.2, 0.25) is 0 Å². The first-order valence-electron chi connectivity index (χ1n) is 3.27. The zero-order valence-corrected chi connectivity index (χ0v) is 7.30. The van der Waals surface area contributed by atoms with Crippen LogP contribution in [0.3, 0.4) is 0 Å². The number of imidazole rings is 1. The highest BCUT2D eigenvalue weighted by Gasteiger charge is 2.13. The molecule has 0 radical (unpaired) electrons. The molecule has 0 aliphatic rings. The maximum Gasteiger partial charge on any atom is 0.196 e. The van der Waals surface area contributed by atoms with Crippen molar-refractivity contribution in [3.63, 3.8) is 0 Å². The van der Waals surface area contributed by atoms with Gasteiger partial charge in [-0.1, -0.05) is 6.92 Å². The van der Waals surface area contributed by atoms with Gasteiger partial charge in [0, 0.05) is 13.2 Å². The van der Waals surface area contributed by atoms with Crippen molar-refractivity contribution in [1.29, 1.82) is 0 Å². The Morgan fingerprint density at radius 1 is 1.64 bits per heavy atom. The van der Waals surface area contributed by atoms with E-state index in [-0.39, 0.29) is 10.8 Å². The first-order valence-corrected chi connectivity index (χ1v) is 4.92. The molecule has 1 rings (SSSR count). The van der Waals surface area contributed by atoms with Crippen LogP contribution in [0.15, 0.2) is 17.6 Å². The molecule has 1 aromatic rings. The molecule has 0 saturated carbocycles. The summed E-state index contributed by atoms with van der Waals surface area (Å²) in [5.74, 6) is 0.101. The van der Waals surface area contributed by atoms with Crippen molar-refractivity contribution in [1.82, 2.24) is 9.55 Å². The molecule has 0 amide bonds. The van der Waals surface area contributed by atoms with Crippen molar-refractivity contribution in [2.75, 3.05) is 5.75 Å². The molecule has 0 atom stereocenters. The second-order valence-electron chi connectivity index (χ2n) is 2.28. The molecule has 0 fully saturated rings. The summed E-state index contributed by atoms with van der Waals surface area (Å²) in [6.45, 7) is 1.60. The van der Waals surface area contributed by atoms with E-state index < -0.39 is 9.84 Å². The number of aryl methyl sites for hydroxylation is 1. The molecule has 0 N–H and O–H groups in total. The molecule has 1 heterocycles. The van der Waals surface area contributed by atoms with Crippen LogP contribution in [0.4, 0.5) is 0 Å². The van der Waals surface area contributed by atoms with Crippen molar-refractivity contribution in [3.8, 4) is 0 Å². The third-order valence-corrected chi connectivity index (χ3v) is 2.99. The third kappa shape index (κ3) is 1.59. The van der Waals surface area contributed by atoms with E-state index >= 15 is 0 Å². The van der Waals surface area contributed by atoms with E-state index in [1.165, 1.54) is 12.5 Å². The normalized spacial score (nSPS) is 11.8. The number of nitrogens with zero attached hydrogens (tertiary/aromatic N) is 2. The Morgan fingerprint density at radius 3 is 2.64 bits per heavy atom. The lowest BCUT2D eigenvalue weighted by Gasteiger charge is -1.92. The minimum Gasteiger partial charge on any atom is -0.339 e. The Morgan fingerprint density at radius 2 is 2.27 bits per heavy atom. The average molecular weight is 174 g/mol. The summed E-state index contributed by atoms with van der Waals surface area (Å²) in [5, 5.41) is 0.155. The molecule has 5 heteroatoms. The second kappa shape index (κ2) is 2.65. The lowest BCUT2D eigenvalue weighted by atomic mass is 10.9. The van der Waals surface area contributed by atoms with E-state index in [0.717, 1.165) is 0 Å². The van der Waals surface area contributed by atoms with E-state index in [0.29, 0.717) is 0 Å². The van der Waals surface area contributed by atoms with Crippen molar-refractivity contribution in [3.05, 3.63) is 12.5 Å². The van der Waals surface area contributed by atoms with Gasteiger partial charge in [0.15, 0.2) is 14.9 Å². The van der Waals surface area contributed by atoms with Gasteiger partial charge in [-0.2, -0.15) is 0 Å². The van der Waals surface area contributed by atoms with Gasteiger partial charge in [0.05, 0.1) is 12.1 Å². The monoisotopic (exact) mass is 174 g/mol. The second-order valence-corrected chi connectivity index (χ2v) is 4.51. The molecule has 0 aliphatic heterocycles. The Labute approximate surface area is 65.8 Å². The quantitative estimate of drug-likeness (QED) is 0.644. The molecule has 4 nitrogen and oxygen atoms in total. The number of sulfone groups is 1. The largest absolute Gasteiger partial charge is 0.339 e. The molecule has 0 aromatic carbocycles. The van der Waals surface area contributed by atoms with Gasteiger partial charge in [0.2, 0.25) is 0 Å². The standard InChI is InChI=1S/C6H10N2O2S/c1-3-11(9,10)6-4-8(2)5-7-6/h4-5H,3H2,1-2H3. The van der Waals surface area contributed by atoms with Gasteiger partial charge in [-0.15, -0.1) is 0 Å². The predicted molar refractivity (Wildman–Crippen MR) is 40.9 cm³/mol. The highest BCUT2D eigenvalue weighted by Crippen LogP contribution is 2.05. The molecule has 0 spiro atoms. The third-order valence-electron chi connectivity index (χ3n) is 1.38. The van der Waals surface area contributed by atoms with Crippen LogP contribution < -0.4 is 0 Å². The summed E-state index contributed by atoms with van der Waals surface area (Å²) in [7, 11) is -1.37. The first-order chi connectivity index (χ1) is 5.06. The molecule has 0 unspecified atom stereocenters. The Balaban J connectivity index is 3.13. The lowest BCUT2D eigenvalue weighted by Crippen LogP contribution is -2.03. The van der Waals surface area contributed by atoms with Gasteiger partial charge < -0.3 is 4.57 Å². The van der Waals surface area contributed by atoms with Gasteiger partial charge in [-0.25, -0.2) is 13.4 Å². The maximum absolute atomic E-state index is 11.1. The van der Waals surface area contributed by atoms with Gasteiger partial charge in [0.25, 0.3) is 0 Å². The highest BCUT2D eigenvalue weighted by molar-refractivity contribution is 7.91. The Bertz CT molecular complexity index is 339. The van der Waals surface area contributed by atoms with E-state index in [4.69, 9.17) is 0 Å². The van der Waals surface area contributed by atoms with E-state index in [1.807, 2.05) is 0 Å². The fourth-order valence-electron chi connectivity index (χ4n) is 0.697. The lowest BCUT2D eigenvalue weighted by molar-refractivity contribution is 0.594. The van der Waals surface area contributed by atoms with Crippen LogP contribution in [0.5, 0.6) is 0 Å². The Hall–Kier alpha value is -0.840. The first kappa shape index (κ1) is 8.26. The SMILES string of the molecule is CCS(=O)(=O)c1cn(C)cn1. The number of rotatable bonds is 2. The summed E-state index contributed by atoms with van der Waals surface area (Å²) < 4.78 is 23.9. The minimum absolute atomic E-state index is 0.101. The summed E-state index contributed by atoms with van der Waals surface area (Å²) in [6.07, 6.45) is 2.97. The molecule has 0 aliphatic carbocycles. The molecule has 11 heavy (non-hydrogen) atoms. The molecular weight excluding hydrogens is 164 g/mol. The van der Waals surface area contributed by atoms with Crippen molar-refractivity contribution in [2.45, 2.75) is 11.9 Å². The predicted octanol–water partition coefficient (Wildman–Crippen LogP) is 0.214. The fraction of sp³-hybridized carbons (Fsp3) is 0.500. The smallest absolute Gasteiger partial charge is 0.196 e. The van der Waals surface area contributed by atoms with Gasteiger partial charge in [-0.3, -0.25) is 0 Å². The van der Waals surface area contributed by atoms with Crippen LogP contribution in [-0.4, -0.2) is 23.7 Å². The van der Waals surface area contributed by atoms with Gasteiger partial charge in [-0.05, 0) is 0 Å². The van der Waals surface area contributed by atoms with Crippen LogP contribution in [-0.2, 0) is 16.9 Å². The molecular formula is C6H10N2O2S. The molecule has 62 valence electrons. The zero-order valence-electron chi connectivity index (χ0n) is 6.48. The topological polar surface area (TPSA) is 52.0 Å². The number of aromatic nitrogens is 2.